The molecule has 1 aliphatic rings. The highest BCUT2D eigenvalue weighted by Crippen LogP contribution is 2.26. The van der Waals surface area contributed by atoms with Gasteiger partial charge in [0.15, 0.2) is 5.82 Å². The van der Waals surface area contributed by atoms with Crippen LogP contribution < -0.4 is 5.32 Å². The van der Waals surface area contributed by atoms with E-state index in [1.54, 1.807) is 21.9 Å². The van der Waals surface area contributed by atoms with Gasteiger partial charge in [0.2, 0.25) is 5.82 Å². The number of urea groups is 1. The van der Waals surface area contributed by atoms with Crippen molar-refractivity contribution in [2.75, 3.05) is 32.7 Å². The summed E-state index contributed by atoms with van der Waals surface area (Å²) < 4.78 is 15.3. The maximum Gasteiger partial charge on any atom is 0.317 e. The van der Waals surface area contributed by atoms with Gasteiger partial charge in [-0.25, -0.2) is 18.9 Å². The van der Waals surface area contributed by atoms with Crippen LogP contribution in [0.5, 0.6) is 0 Å². The number of carbonyl (C=O) groups excluding carboxylic acids is 2. The highest BCUT2D eigenvalue weighted by atomic mass is 32.1. The van der Waals surface area contributed by atoms with Crippen LogP contribution in [0.15, 0.2) is 41.8 Å². The lowest BCUT2D eigenvalue weighted by molar-refractivity contribution is 0.0653. The van der Waals surface area contributed by atoms with E-state index in [1.165, 1.54) is 28.2 Å². The molecule has 1 saturated heterocycles. The molecule has 1 fully saturated rings. The molecule has 0 bridgehead atoms. The molecule has 8 nitrogen and oxygen atoms in total. The minimum absolute atomic E-state index is 0.0501. The lowest BCUT2D eigenvalue weighted by Crippen LogP contribution is -2.53. The maximum atomic E-state index is 13.8. The molecule has 0 radical (unpaired) electrons. The molecule has 3 heterocycles. The van der Waals surface area contributed by atoms with Crippen molar-refractivity contribution in [3.05, 3.63) is 53.4 Å². The topological polar surface area (TPSA) is 83.4 Å². The minimum atomic E-state index is -0.394. The minimum Gasteiger partial charge on any atom is -0.338 e. The molecule has 4 rings (SSSR count). The number of hydrogen-bond donors (Lipinski definition) is 1. The average Bonchev–Trinajstić information content (AvgIpc) is 3.43. The third kappa shape index (κ3) is 4.04. The van der Waals surface area contributed by atoms with Crippen molar-refractivity contribution in [3.8, 4) is 16.4 Å². The van der Waals surface area contributed by atoms with Crippen molar-refractivity contribution < 1.29 is 14.0 Å². The van der Waals surface area contributed by atoms with Gasteiger partial charge in [-0.3, -0.25) is 4.79 Å². The Morgan fingerprint density at radius 2 is 1.90 bits per heavy atom. The summed E-state index contributed by atoms with van der Waals surface area (Å²) in [5.74, 6) is -0.165. The van der Waals surface area contributed by atoms with Crippen LogP contribution in [0, 0.1) is 5.82 Å². The maximum absolute atomic E-state index is 13.8. The predicted molar refractivity (Wildman–Crippen MR) is 111 cm³/mol. The van der Waals surface area contributed by atoms with Crippen molar-refractivity contribution in [2.45, 2.75) is 6.92 Å². The van der Waals surface area contributed by atoms with E-state index in [1.807, 2.05) is 24.4 Å². The molecule has 30 heavy (non-hydrogen) atoms. The summed E-state index contributed by atoms with van der Waals surface area (Å²) in [6, 6.07) is 9.65. The molecule has 1 aromatic carbocycles. The van der Waals surface area contributed by atoms with Gasteiger partial charge in [-0.05, 0) is 36.6 Å². The quantitative estimate of drug-likeness (QED) is 0.693. The van der Waals surface area contributed by atoms with Crippen molar-refractivity contribution in [3.63, 3.8) is 0 Å². The van der Waals surface area contributed by atoms with Crippen molar-refractivity contribution >= 4 is 23.3 Å². The first kappa shape index (κ1) is 20.0. The van der Waals surface area contributed by atoms with Gasteiger partial charge in [0.05, 0.1) is 10.6 Å². The van der Waals surface area contributed by atoms with Gasteiger partial charge in [-0.1, -0.05) is 12.1 Å². The summed E-state index contributed by atoms with van der Waals surface area (Å²) >= 11 is 1.46. The number of aromatic nitrogens is 3. The van der Waals surface area contributed by atoms with Gasteiger partial charge in [0.25, 0.3) is 5.91 Å². The number of halogens is 1. The van der Waals surface area contributed by atoms with E-state index >= 15 is 0 Å². The summed E-state index contributed by atoms with van der Waals surface area (Å²) in [7, 11) is 0. The lowest BCUT2D eigenvalue weighted by atomic mass is 10.3. The smallest absolute Gasteiger partial charge is 0.317 e. The largest absolute Gasteiger partial charge is 0.338 e. The van der Waals surface area contributed by atoms with E-state index in [0.717, 1.165) is 4.88 Å². The third-order valence-electron chi connectivity index (χ3n) is 4.77. The fourth-order valence-electron chi connectivity index (χ4n) is 3.27. The summed E-state index contributed by atoms with van der Waals surface area (Å²) in [5.41, 5.74) is 0.492. The second-order valence-corrected chi connectivity index (χ2v) is 7.69. The van der Waals surface area contributed by atoms with Crippen LogP contribution in [0.3, 0.4) is 0 Å². The van der Waals surface area contributed by atoms with Crippen LogP contribution in [0.2, 0.25) is 0 Å². The number of nitrogens with zero attached hydrogens (tertiary/aromatic N) is 5. The predicted octanol–water partition coefficient (Wildman–Crippen LogP) is 2.62. The van der Waals surface area contributed by atoms with E-state index in [2.05, 4.69) is 15.4 Å². The van der Waals surface area contributed by atoms with E-state index in [9.17, 15) is 14.0 Å². The molecule has 1 aliphatic heterocycles. The Morgan fingerprint density at radius 1 is 1.13 bits per heavy atom. The normalized spacial score (nSPS) is 14.1. The monoisotopic (exact) mass is 428 g/mol. The Hall–Kier alpha value is -3.27. The molecular weight excluding hydrogens is 407 g/mol. The molecular formula is C20H21FN6O2S. The molecule has 0 saturated carbocycles. The molecule has 0 aliphatic carbocycles. The lowest BCUT2D eigenvalue weighted by Gasteiger charge is -2.34. The van der Waals surface area contributed by atoms with Gasteiger partial charge in [-0.2, -0.15) is 0 Å². The molecule has 1 N–H and O–H groups in total. The SMILES string of the molecule is CCNC(=O)N1CCN(C(=O)c2nc(-c3cccs3)n(-c3cccc(F)c3)n2)CC1. The van der Waals surface area contributed by atoms with Crippen molar-refractivity contribution in [2.24, 2.45) is 0 Å². The zero-order valence-electron chi connectivity index (χ0n) is 16.4. The Bertz CT molecular complexity index is 1040. The summed E-state index contributed by atoms with van der Waals surface area (Å²) in [5, 5.41) is 9.07. The van der Waals surface area contributed by atoms with Crippen LogP contribution in [0.1, 0.15) is 17.5 Å². The van der Waals surface area contributed by atoms with Crippen LogP contribution in [0.4, 0.5) is 9.18 Å². The first-order valence-corrected chi connectivity index (χ1v) is 10.5. The molecule has 0 atom stereocenters. The molecule has 0 spiro atoms. The Kier molecular flexibility index (Phi) is 5.75. The standard InChI is InChI=1S/C20H21FN6O2S/c1-2-22-20(29)26-10-8-25(9-11-26)19(28)17-23-18(16-7-4-12-30-16)27(24-17)15-6-3-5-14(21)13-15/h3-7,12-13H,2,8-11H2,1H3,(H,22,29). The first-order valence-electron chi connectivity index (χ1n) is 9.65. The third-order valence-corrected chi connectivity index (χ3v) is 5.64. The molecule has 10 heteroatoms. The zero-order valence-corrected chi connectivity index (χ0v) is 17.2. The van der Waals surface area contributed by atoms with Gasteiger partial charge in [0.1, 0.15) is 5.82 Å². The fraction of sp³-hybridized carbons (Fsp3) is 0.300. The number of thiophene rings is 1. The number of hydrogen-bond acceptors (Lipinski definition) is 5. The van der Waals surface area contributed by atoms with E-state index in [4.69, 9.17) is 0 Å². The number of benzene rings is 1. The number of nitrogens with one attached hydrogen (secondary N) is 1. The Labute approximate surface area is 176 Å². The second kappa shape index (κ2) is 8.62. The molecule has 3 aromatic rings. The number of rotatable bonds is 4. The van der Waals surface area contributed by atoms with Gasteiger partial charge >= 0.3 is 6.03 Å². The number of amides is 3. The van der Waals surface area contributed by atoms with E-state index in [0.29, 0.717) is 44.2 Å². The average molecular weight is 428 g/mol. The van der Waals surface area contributed by atoms with Crippen molar-refractivity contribution in [1.29, 1.82) is 0 Å². The molecule has 156 valence electrons. The van der Waals surface area contributed by atoms with Crippen LogP contribution >= 0.6 is 11.3 Å². The number of carbonyl (C=O) groups is 2. The Morgan fingerprint density at radius 3 is 2.57 bits per heavy atom. The summed E-state index contributed by atoms with van der Waals surface area (Å²) in [4.78, 5) is 33.6. The highest BCUT2D eigenvalue weighted by Gasteiger charge is 2.28. The van der Waals surface area contributed by atoms with Crippen LogP contribution in [-0.4, -0.2) is 69.2 Å². The number of piperazine rings is 1. The van der Waals surface area contributed by atoms with Crippen LogP contribution in [-0.2, 0) is 0 Å². The zero-order chi connectivity index (χ0) is 21.1. The first-order chi connectivity index (χ1) is 14.6. The van der Waals surface area contributed by atoms with Gasteiger partial charge in [-0.15, -0.1) is 16.4 Å². The molecule has 0 unspecified atom stereocenters. The van der Waals surface area contributed by atoms with E-state index < -0.39 is 5.82 Å². The molecule has 3 amide bonds. The van der Waals surface area contributed by atoms with E-state index in [-0.39, 0.29) is 17.8 Å². The summed E-state index contributed by atoms with van der Waals surface area (Å²) in [6.45, 7) is 4.12. The second-order valence-electron chi connectivity index (χ2n) is 6.74. The van der Waals surface area contributed by atoms with Gasteiger partial charge < -0.3 is 15.1 Å². The Balaban J connectivity index is 1.58. The summed E-state index contributed by atoms with van der Waals surface area (Å²) in [6.07, 6.45) is 0. The highest BCUT2D eigenvalue weighted by molar-refractivity contribution is 7.13. The molecule has 2 aromatic heterocycles. The van der Waals surface area contributed by atoms with Gasteiger partial charge in [0, 0.05) is 32.7 Å². The van der Waals surface area contributed by atoms with Crippen molar-refractivity contribution in [1.82, 2.24) is 29.9 Å². The fourth-order valence-corrected chi connectivity index (χ4v) is 3.97. The van der Waals surface area contributed by atoms with Crippen LogP contribution in [0.25, 0.3) is 16.4 Å².